The SMILES string of the molecule is CCc1nccn1C(C)CCCNC1CC1. The lowest BCUT2D eigenvalue weighted by atomic mass is 10.1. The molecule has 1 N–H and O–H groups in total. The van der Waals surface area contributed by atoms with Crippen LogP contribution in [0.25, 0.3) is 0 Å². The van der Waals surface area contributed by atoms with Gasteiger partial charge in [-0.15, -0.1) is 0 Å². The summed E-state index contributed by atoms with van der Waals surface area (Å²) in [6, 6.07) is 1.42. The molecule has 1 heterocycles. The Morgan fingerprint density at radius 3 is 3.06 bits per heavy atom. The van der Waals surface area contributed by atoms with E-state index in [2.05, 4.69) is 34.9 Å². The summed E-state index contributed by atoms with van der Waals surface area (Å²) in [5, 5.41) is 3.56. The molecule has 1 aliphatic rings. The van der Waals surface area contributed by atoms with Gasteiger partial charge in [0.25, 0.3) is 0 Å². The molecule has 1 aromatic heterocycles. The fourth-order valence-corrected chi connectivity index (χ4v) is 2.15. The number of aryl methyl sites for hydroxylation is 1. The van der Waals surface area contributed by atoms with Gasteiger partial charge in [-0.2, -0.15) is 0 Å². The molecule has 1 fully saturated rings. The van der Waals surface area contributed by atoms with Crippen LogP contribution in [0, 0.1) is 0 Å². The molecule has 1 unspecified atom stereocenters. The fourth-order valence-electron chi connectivity index (χ4n) is 2.15. The summed E-state index contributed by atoms with van der Waals surface area (Å²) < 4.78 is 2.32. The van der Waals surface area contributed by atoms with Crippen molar-refractivity contribution >= 4 is 0 Å². The van der Waals surface area contributed by atoms with Crippen molar-refractivity contribution in [1.29, 1.82) is 0 Å². The highest BCUT2D eigenvalue weighted by Gasteiger charge is 2.19. The molecule has 0 saturated heterocycles. The van der Waals surface area contributed by atoms with E-state index in [-0.39, 0.29) is 0 Å². The highest BCUT2D eigenvalue weighted by Crippen LogP contribution is 2.19. The van der Waals surface area contributed by atoms with Gasteiger partial charge in [0.05, 0.1) is 0 Å². The summed E-state index contributed by atoms with van der Waals surface area (Å²) >= 11 is 0. The Labute approximate surface area is 98.3 Å². The first kappa shape index (κ1) is 11.6. The first-order valence-electron chi connectivity index (χ1n) is 6.56. The molecule has 3 heteroatoms. The van der Waals surface area contributed by atoms with Crippen molar-refractivity contribution in [1.82, 2.24) is 14.9 Å². The first-order chi connectivity index (χ1) is 7.81. The molecule has 1 saturated carbocycles. The van der Waals surface area contributed by atoms with Gasteiger partial charge in [0.1, 0.15) is 5.82 Å². The van der Waals surface area contributed by atoms with Crippen molar-refractivity contribution in [3.8, 4) is 0 Å². The third kappa shape index (κ3) is 3.08. The molecule has 0 spiro atoms. The summed E-state index contributed by atoms with van der Waals surface area (Å²) in [5.41, 5.74) is 0. The Morgan fingerprint density at radius 2 is 2.38 bits per heavy atom. The predicted molar refractivity (Wildman–Crippen MR) is 66.6 cm³/mol. The Balaban J connectivity index is 1.71. The topological polar surface area (TPSA) is 29.9 Å². The van der Waals surface area contributed by atoms with Crippen LogP contribution in [0.15, 0.2) is 12.4 Å². The minimum Gasteiger partial charge on any atom is -0.332 e. The molecule has 90 valence electrons. The maximum atomic E-state index is 4.37. The van der Waals surface area contributed by atoms with Gasteiger partial charge in [0.15, 0.2) is 0 Å². The van der Waals surface area contributed by atoms with Gasteiger partial charge < -0.3 is 9.88 Å². The number of nitrogens with one attached hydrogen (secondary N) is 1. The molecule has 0 bridgehead atoms. The van der Waals surface area contributed by atoms with E-state index in [0.29, 0.717) is 6.04 Å². The van der Waals surface area contributed by atoms with Crippen LogP contribution in [0.2, 0.25) is 0 Å². The van der Waals surface area contributed by atoms with E-state index in [4.69, 9.17) is 0 Å². The molecule has 1 aliphatic carbocycles. The van der Waals surface area contributed by atoms with Crippen molar-refractivity contribution in [3.05, 3.63) is 18.2 Å². The van der Waals surface area contributed by atoms with Crippen molar-refractivity contribution < 1.29 is 0 Å². The van der Waals surface area contributed by atoms with Gasteiger partial charge in [-0.05, 0) is 39.2 Å². The van der Waals surface area contributed by atoms with Crippen LogP contribution in [0.5, 0.6) is 0 Å². The monoisotopic (exact) mass is 221 g/mol. The van der Waals surface area contributed by atoms with Gasteiger partial charge in [-0.1, -0.05) is 6.92 Å². The summed E-state index contributed by atoms with van der Waals surface area (Å²) in [5.74, 6) is 1.21. The van der Waals surface area contributed by atoms with Gasteiger partial charge in [-0.25, -0.2) is 4.98 Å². The molecule has 0 radical (unpaired) electrons. The van der Waals surface area contributed by atoms with Crippen LogP contribution in [0.1, 0.15) is 51.4 Å². The van der Waals surface area contributed by atoms with E-state index in [1.807, 2.05) is 6.20 Å². The van der Waals surface area contributed by atoms with Crippen molar-refractivity contribution in [2.75, 3.05) is 6.54 Å². The lowest BCUT2D eigenvalue weighted by molar-refractivity contribution is 0.462. The minimum atomic E-state index is 0.582. The van der Waals surface area contributed by atoms with Crippen LogP contribution in [0.3, 0.4) is 0 Å². The highest BCUT2D eigenvalue weighted by atomic mass is 15.1. The molecule has 3 nitrogen and oxygen atoms in total. The second-order valence-corrected chi connectivity index (χ2v) is 4.82. The Kier molecular flexibility index (Phi) is 3.99. The van der Waals surface area contributed by atoms with E-state index >= 15 is 0 Å². The van der Waals surface area contributed by atoms with Crippen LogP contribution >= 0.6 is 0 Å². The quantitative estimate of drug-likeness (QED) is 0.717. The average Bonchev–Trinajstić information content (AvgIpc) is 2.99. The lowest BCUT2D eigenvalue weighted by Crippen LogP contribution is -2.18. The summed E-state index contributed by atoms with van der Waals surface area (Å²) in [4.78, 5) is 4.37. The predicted octanol–water partition coefficient (Wildman–Crippen LogP) is 2.54. The van der Waals surface area contributed by atoms with Crippen LogP contribution < -0.4 is 5.32 Å². The number of hydrogen-bond donors (Lipinski definition) is 1. The Hall–Kier alpha value is -0.830. The van der Waals surface area contributed by atoms with Gasteiger partial charge in [0, 0.05) is 30.9 Å². The van der Waals surface area contributed by atoms with Gasteiger partial charge in [0.2, 0.25) is 0 Å². The third-order valence-electron chi connectivity index (χ3n) is 3.35. The van der Waals surface area contributed by atoms with Crippen LogP contribution in [0.4, 0.5) is 0 Å². The largest absolute Gasteiger partial charge is 0.332 e. The molecule has 16 heavy (non-hydrogen) atoms. The average molecular weight is 221 g/mol. The number of aromatic nitrogens is 2. The first-order valence-corrected chi connectivity index (χ1v) is 6.56. The van der Waals surface area contributed by atoms with E-state index in [0.717, 1.165) is 12.5 Å². The Morgan fingerprint density at radius 1 is 1.56 bits per heavy atom. The van der Waals surface area contributed by atoms with E-state index in [1.54, 1.807) is 0 Å². The van der Waals surface area contributed by atoms with E-state index in [1.165, 1.54) is 38.1 Å². The molecule has 1 aromatic rings. The molecule has 0 aromatic carbocycles. The maximum Gasteiger partial charge on any atom is 0.108 e. The number of rotatable bonds is 7. The van der Waals surface area contributed by atoms with E-state index < -0.39 is 0 Å². The number of hydrogen-bond acceptors (Lipinski definition) is 2. The number of imidazole rings is 1. The fraction of sp³-hybridized carbons (Fsp3) is 0.769. The second kappa shape index (κ2) is 5.48. The summed E-state index contributed by atoms with van der Waals surface area (Å²) in [6.07, 6.45) is 10.3. The molecular formula is C13H23N3. The van der Waals surface area contributed by atoms with Gasteiger partial charge >= 0.3 is 0 Å². The maximum absolute atomic E-state index is 4.37. The molecule has 0 amide bonds. The zero-order valence-electron chi connectivity index (χ0n) is 10.4. The van der Waals surface area contributed by atoms with Gasteiger partial charge in [-0.3, -0.25) is 0 Å². The van der Waals surface area contributed by atoms with Crippen molar-refractivity contribution in [2.24, 2.45) is 0 Å². The third-order valence-corrected chi connectivity index (χ3v) is 3.35. The Bertz CT molecular complexity index is 315. The smallest absolute Gasteiger partial charge is 0.108 e. The minimum absolute atomic E-state index is 0.582. The summed E-state index contributed by atoms with van der Waals surface area (Å²) in [7, 11) is 0. The van der Waals surface area contributed by atoms with Crippen LogP contribution in [-0.4, -0.2) is 22.1 Å². The highest BCUT2D eigenvalue weighted by molar-refractivity contribution is 4.94. The van der Waals surface area contributed by atoms with Crippen molar-refractivity contribution in [3.63, 3.8) is 0 Å². The zero-order chi connectivity index (χ0) is 11.4. The molecule has 1 atom stereocenters. The molecular weight excluding hydrogens is 198 g/mol. The van der Waals surface area contributed by atoms with E-state index in [9.17, 15) is 0 Å². The molecule has 0 aliphatic heterocycles. The molecule has 2 rings (SSSR count). The lowest BCUT2D eigenvalue weighted by Gasteiger charge is -2.15. The normalized spacial score (nSPS) is 17.6. The van der Waals surface area contributed by atoms with Crippen LogP contribution in [-0.2, 0) is 6.42 Å². The summed E-state index contributed by atoms with van der Waals surface area (Å²) in [6.45, 7) is 5.63. The number of nitrogens with zero attached hydrogens (tertiary/aromatic N) is 2. The van der Waals surface area contributed by atoms with Crippen molar-refractivity contribution in [2.45, 2.75) is 58.0 Å². The standard InChI is InChI=1S/C13H23N3/c1-3-13-15-9-10-16(13)11(2)5-4-8-14-12-6-7-12/h9-12,14H,3-8H2,1-2H3. The second-order valence-electron chi connectivity index (χ2n) is 4.82. The zero-order valence-corrected chi connectivity index (χ0v) is 10.4.